The van der Waals surface area contributed by atoms with E-state index in [1.807, 2.05) is 77.4 Å². The van der Waals surface area contributed by atoms with E-state index in [-0.39, 0.29) is 11.7 Å². The number of carbonyl (C=O) groups excluding carboxylic acids is 1. The molecule has 0 aliphatic rings. The average Bonchev–Trinajstić information content (AvgIpc) is 3.36. The zero-order valence-corrected chi connectivity index (χ0v) is 22.4. The normalized spacial score (nSPS) is 12.1. The summed E-state index contributed by atoms with van der Waals surface area (Å²) in [5.74, 6) is 0.524. The van der Waals surface area contributed by atoms with Crippen LogP contribution < -0.4 is 10.7 Å². The number of aromatic nitrogens is 3. The molecule has 0 saturated heterocycles. The molecule has 1 aromatic heterocycles. The van der Waals surface area contributed by atoms with Crippen LogP contribution in [-0.2, 0) is 11.3 Å². The van der Waals surface area contributed by atoms with Gasteiger partial charge in [-0.2, -0.15) is 5.10 Å². The summed E-state index contributed by atoms with van der Waals surface area (Å²) in [6, 6.07) is 29.1. The lowest BCUT2D eigenvalue weighted by molar-refractivity contribution is -0.120. The molecule has 0 aliphatic heterocycles. The maximum atomic E-state index is 12.9. The number of hydrazone groups is 1. The maximum absolute atomic E-state index is 12.9. The number of anilines is 1. The van der Waals surface area contributed by atoms with Gasteiger partial charge in [0.1, 0.15) is 5.75 Å². The first-order chi connectivity index (χ1) is 19.0. The molecule has 0 fully saturated rings. The third kappa shape index (κ3) is 6.10. The lowest BCUT2D eigenvalue weighted by Crippen LogP contribution is -2.27. The first kappa shape index (κ1) is 26.0. The Morgan fingerprint density at radius 1 is 1.00 bits per heavy atom. The lowest BCUT2D eigenvalue weighted by Gasteiger charge is -2.13. The molecule has 4 aromatic carbocycles. The minimum absolute atomic E-state index is 0.0943. The van der Waals surface area contributed by atoms with Crippen molar-refractivity contribution >= 4 is 40.3 Å². The summed E-state index contributed by atoms with van der Waals surface area (Å²) >= 11 is 1.30. The molecule has 196 valence electrons. The average molecular weight is 537 g/mol. The van der Waals surface area contributed by atoms with E-state index >= 15 is 0 Å². The fraction of sp³-hybridized carbons (Fsp3) is 0.133. The number of aryl methyl sites for hydroxylation is 1. The number of fused-ring (bicyclic) bond motifs is 1. The van der Waals surface area contributed by atoms with Crippen molar-refractivity contribution < 1.29 is 9.90 Å². The van der Waals surface area contributed by atoms with Gasteiger partial charge in [-0.25, -0.2) is 5.43 Å². The highest BCUT2D eigenvalue weighted by Crippen LogP contribution is 2.27. The highest BCUT2D eigenvalue weighted by atomic mass is 32.2. The van der Waals surface area contributed by atoms with Gasteiger partial charge in [-0.1, -0.05) is 78.0 Å². The second-order valence-corrected chi connectivity index (χ2v) is 10.3. The predicted molar refractivity (Wildman–Crippen MR) is 157 cm³/mol. The molecule has 3 N–H and O–H groups in total. The summed E-state index contributed by atoms with van der Waals surface area (Å²) in [7, 11) is 0. The number of hydrogen-bond donors (Lipinski definition) is 3. The van der Waals surface area contributed by atoms with E-state index in [1.54, 1.807) is 13.0 Å². The van der Waals surface area contributed by atoms with Gasteiger partial charge in [-0.15, -0.1) is 10.2 Å². The van der Waals surface area contributed by atoms with Gasteiger partial charge in [0.15, 0.2) is 11.0 Å². The van der Waals surface area contributed by atoms with Gasteiger partial charge >= 0.3 is 0 Å². The summed E-state index contributed by atoms with van der Waals surface area (Å²) in [5.41, 5.74) is 6.22. The highest BCUT2D eigenvalue weighted by molar-refractivity contribution is 8.00. The van der Waals surface area contributed by atoms with Gasteiger partial charge in [-0.3, -0.25) is 9.36 Å². The third-order valence-electron chi connectivity index (χ3n) is 6.18. The standard InChI is InChI=1S/C30H28N6O2S/c1-20-12-15-23(16-13-20)31-19-28-33-35-30(36(28)24-9-4-3-5-10-24)39-21(2)29(38)34-32-18-26-25-11-7-6-8-22(25)14-17-27(26)37/h3-18,21,31,37H,19H2,1-2H3,(H,34,38)/b32-18+. The van der Waals surface area contributed by atoms with Gasteiger partial charge in [0.05, 0.1) is 18.0 Å². The van der Waals surface area contributed by atoms with Crippen LogP contribution >= 0.6 is 11.8 Å². The number of nitrogens with zero attached hydrogens (tertiary/aromatic N) is 4. The number of para-hydroxylation sites is 1. The zero-order chi connectivity index (χ0) is 27.2. The van der Waals surface area contributed by atoms with Gasteiger partial charge in [-0.05, 0) is 55.0 Å². The highest BCUT2D eigenvalue weighted by Gasteiger charge is 2.21. The Bertz CT molecular complexity index is 1620. The van der Waals surface area contributed by atoms with Crippen LogP contribution in [0.2, 0.25) is 0 Å². The number of carbonyl (C=O) groups is 1. The second-order valence-electron chi connectivity index (χ2n) is 9.00. The first-order valence-corrected chi connectivity index (χ1v) is 13.4. The van der Waals surface area contributed by atoms with Crippen molar-refractivity contribution in [2.75, 3.05) is 5.32 Å². The molecule has 0 saturated carbocycles. The van der Waals surface area contributed by atoms with Crippen molar-refractivity contribution in [3.05, 3.63) is 108 Å². The zero-order valence-electron chi connectivity index (χ0n) is 21.6. The van der Waals surface area contributed by atoms with Gasteiger partial charge in [0.2, 0.25) is 0 Å². The number of amides is 1. The number of aromatic hydroxyl groups is 1. The number of phenolic OH excluding ortho intramolecular Hbond substituents is 1. The van der Waals surface area contributed by atoms with E-state index in [9.17, 15) is 9.90 Å². The van der Waals surface area contributed by atoms with Gasteiger partial charge < -0.3 is 10.4 Å². The predicted octanol–water partition coefficient (Wildman–Crippen LogP) is 5.68. The van der Waals surface area contributed by atoms with Crippen molar-refractivity contribution in [1.82, 2.24) is 20.2 Å². The van der Waals surface area contributed by atoms with Crippen LogP contribution in [0.1, 0.15) is 23.9 Å². The fourth-order valence-electron chi connectivity index (χ4n) is 4.06. The smallest absolute Gasteiger partial charge is 0.253 e. The van der Waals surface area contributed by atoms with Crippen LogP contribution in [0.25, 0.3) is 16.5 Å². The molecule has 1 atom stereocenters. The van der Waals surface area contributed by atoms with E-state index < -0.39 is 5.25 Å². The number of nitrogens with one attached hydrogen (secondary N) is 2. The van der Waals surface area contributed by atoms with E-state index in [0.29, 0.717) is 17.3 Å². The Kier molecular flexibility index (Phi) is 7.88. The Hall–Kier alpha value is -4.63. The summed E-state index contributed by atoms with van der Waals surface area (Å²) in [4.78, 5) is 12.9. The number of hydrogen-bond acceptors (Lipinski definition) is 7. The van der Waals surface area contributed by atoms with E-state index in [4.69, 9.17) is 0 Å². The molecule has 1 amide bonds. The second kappa shape index (κ2) is 11.8. The molecule has 9 heteroatoms. The summed E-state index contributed by atoms with van der Waals surface area (Å²) < 4.78 is 1.95. The Morgan fingerprint density at radius 2 is 1.74 bits per heavy atom. The first-order valence-electron chi connectivity index (χ1n) is 12.5. The molecular formula is C30H28N6O2S. The van der Waals surface area contributed by atoms with E-state index in [0.717, 1.165) is 28.0 Å². The quantitative estimate of drug-likeness (QED) is 0.127. The molecule has 8 nitrogen and oxygen atoms in total. The molecule has 0 spiro atoms. The largest absolute Gasteiger partial charge is 0.507 e. The van der Waals surface area contributed by atoms with Crippen LogP contribution in [-0.4, -0.2) is 37.2 Å². The van der Waals surface area contributed by atoms with E-state index in [1.165, 1.54) is 23.5 Å². The molecule has 0 radical (unpaired) electrons. The van der Waals surface area contributed by atoms with Crippen molar-refractivity contribution in [3.63, 3.8) is 0 Å². The number of benzene rings is 4. The van der Waals surface area contributed by atoms with Gasteiger partial charge in [0.25, 0.3) is 5.91 Å². The molecular weight excluding hydrogens is 508 g/mol. The lowest BCUT2D eigenvalue weighted by atomic mass is 10.0. The molecule has 1 unspecified atom stereocenters. The maximum Gasteiger partial charge on any atom is 0.253 e. The van der Waals surface area contributed by atoms with Crippen molar-refractivity contribution in [2.45, 2.75) is 30.8 Å². The molecule has 5 aromatic rings. The number of thioether (sulfide) groups is 1. The van der Waals surface area contributed by atoms with Crippen molar-refractivity contribution in [3.8, 4) is 11.4 Å². The molecule has 5 rings (SSSR count). The Balaban J connectivity index is 1.30. The summed E-state index contributed by atoms with van der Waals surface area (Å²) in [5, 5.41) is 28.6. The van der Waals surface area contributed by atoms with Crippen LogP contribution in [0.5, 0.6) is 5.75 Å². The fourth-order valence-corrected chi connectivity index (χ4v) is 4.94. The third-order valence-corrected chi connectivity index (χ3v) is 7.23. The SMILES string of the molecule is Cc1ccc(NCc2nnc(SC(C)C(=O)N/N=C/c3c(O)ccc4ccccc34)n2-c2ccccc2)cc1. The van der Waals surface area contributed by atoms with E-state index in [2.05, 4.69) is 45.1 Å². The van der Waals surface area contributed by atoms with Crippen molar-refractivity contribution in [2.24, 2.45) is 5.10 Å². The van der Waals surface area contributed by atoms with Crippen molar-refractivity contribution in [1.29, 1.82) is 0 Å². The number of rotatable bonds is 9. The molecule has 1 heterocycles. The monoisotopic (exact) mass is 536 g/mol. The van der Waals surface area contributed by atoms with Gasteiger partial charge in [0, 0.05) is 16.9 Å². The van der Waals surface area contributed by atoms with Crippen LogP contribution in [0.15, 0.2) is 101 Å². The number of phenols is 1. The topological polar surface area (TPSA) is 104 Å². The van der Waals surface area contributed by atoms with Crippen LogP contribution in [0.4, 0.5) is 5.69 Å². The van der Waals surface area contributed by atoms with Crippen LogP contribution in [0.3, 0.4) is 0 Å². The summed E-state index contributed by atoms with van der Waals surface area (Å²) in [6.45, 7) is 4.31. The minimum atomic E-state index is -0.507. The van der Waals surface area contributed by atoms with Crippen LogP contribution in [0, 0.1) is 6.92 Å². The Labute approximate surface area is 230 Å². The summed E-state index contributed by atoms with van der Waals surface area (Å²) in [6.07, 6.45) is 1.47. The Morgan fingerprint density at radius 3 is 2.54 bits per heavy atom. The molecule has 0 aliphatic carbocycles. The molecule has 0 bridgehead atoms. The minimum Gasteiger partial charge on any atom is -0.507 e. The molecule has 39 heavy (non-hydrogen) atoms.